The van der Waals surface area contributed by atoms with Crippen molar-refractivity contribution in [2.45, 2.75) is 6.92 Å². The molecule has 0 aliphatic rings. The molecular weight excluding hydrogens is 264 g/mol. The van der Waals surface area contributed by atoms with Crippen molar-refractivity contribution in [2.75, 3.05) is 12.4 Å². The highest BCUT2D eigenvalue weighted by atomic mass is 32.1. The lowest BCUT2D eigenvalue weighted by Gasteiger charge is -1.96. The van der Waals surface area contributed by atoms with Gasteiger partial charge in [-0.3, -0.25) is 0 Å². The monoisotopic (exact) mass is 276 g/mol. The molecule has 0 spiro atoms. The summed E-state index contributed by atoms with van der Waals surface area (Å²) >= 11 is 1.37. The first-order valence-electron chi connectivity index (χ1n) is 5.65. The Morgan fingerprint density at radius 1 is 1.42 bits per heavy atom. The minimum absolute atomic E-state index is 0.465. The van der Waals surface area contributed by atoms with Gasteiger partial charge in [0.15, 0.2) is 0 Å². The van der Waals surface area contributed by atoms with Gasteiger partial charge in [0.1, 0.15) is 10.7 Å². The van der Waals surface area contributed by atoms with Gasteiger partial charge in [-0.05, 0) is 18.5 Å². The van der Waals surface area contributed by atoms with Crippen LogP contribution in [0.25, 0.3) is 23.0 Å². The summed E-state index contributed by atoms with van der Waals surface area (Å²) in [5.74, 6) is 0.981. The van der Waals surface area contributed by atoms with Gasteiger partial charge in [0.05, 0.1) is 23.8 Å². The van der Waals surface area contributed by atoms with Crippen LogP contribution in [0.2, 0.25) is 0 Å². The van der Waals surface area contributed by atoms with Crippen LogP contribution in [-0.4, -0.2) is 31.1 Å². The van der Waals surface area contributed by atoms with Crippen LogP contribution in [0.5, 0.6) is 0 Å². The summed E-state index contributed by atoms with van der Waals surface area (Å²) in [5.41, 5.74) is 2.53. The van der Waals surface area contributed by atoms with E-state index in [4.69, 9.17) is 4.52 Å². The summed E-state index contributed by atoms with van der Waals surface area (Å²) in [4.78, 5) is 8.45. The van der Waals surface area contributed by atoms with E-state index in [9.17, 15) is 0 Å². The Bertz CT molecular complexity index is 712. The highest BCUT2D eigenvalue weighted by molar-refractivity contribution is 7.10. The second-order valence-electron chi connectivity index (χ2n) is 4.04. The number of rotatable bonds is 3. The summed E-state index contributed by atoms with van der Waals surface area (Å²) in [5, 5.41) is 7.99. The Kier molecular flexibility index (Phi) is 2.79. The Balaban J connectivity index is 2.06. The SMILES string of the molecule is CNc1snc(C)c1-c1nc(-c2cncn2C)no1. The van der Waals surface area contributed by atoms with E-state index >= 15 is 0 Å². The molecule has 0 fully saturated rings. The number of nitrogens with one attached hydrogen (secondary N) is 1. The molecule has 1 N–H and O–H groups in total. The molecule has 0 atom stereocenters. The molecule has 3 heterocycles. The predicted octanol–water partition coefficient (Wildman–Crippen LogP) is 1.94. The smallest absolute Gasteiger partial charge is 0.263 e. The average Bonchev–Trinajstić information content (AvgIpc) is 3.08. The van der Waals surface area contributed by atoms with Crippen molar-refractivity contribution in [3.05, 3.63) is 18.2 Å². The van der Waals surface area contributed by atoms with Crippen LogP contribution in [0.15, 0.2) is 17.0 Å². The minimum Gasteiger partial charge on any atom is -0.378 e. The zero-order chi connectivity index (χ0) is 13.4. The van der Waals surface area contributed by atoms with Crippen molar-refractivity contribution in [3.8, 4) is 23.0 Å². The largest absolute Gasteiger partial charge is 0.378 e. The van der Waals surface area contributed by atoms with Crippen LogP contribution in [0.3, 0.4) is 0 Å². The van der Waals surface area contributed by atoms with Crippen molar-refractivity contribution in [1.82, 2.24) is 24.1 Å². The Morgan fingerprint density at radius 2 is 2.26 bits per heavy atom. The molecule has 7 nitrogen and oxygen atoms in total. The molecule has 0 saturated heterocycles. The standard InChI is InChI=1S/C11H12N6OS/c1-6-8(11(12-2)19-16-6)10-14-9(15-18-10)7-4-13-5-17(7)3/h4-5,12H,1-3H3. The molecule has 0 unspecified atom stereocenters. The van der Waals surface area contributed by atoms with Crippen molar-refractivity contribution in [2.24, 2.45) is 7.05 Å². The van der Waals surface area contributed by atoms with E-state index in [0.717, 1.165) is 22.0 Å². The van der Waals surface area contributed by atoms with E-state index in [2.05, 4.69) is 24.8 Å². The maximum Gasteiger partial charge on any atom is 0.263 e. The number of imidazole rings is 1. The van der Waals surface area contributed by atoms with Crippen LogP contribution < -0.4 is 5.32 Å². The van der Waals surface area contributed by atoms with Gasteiger partial charge >= 0.3 is 0 Å². The lowest BCUT2D eigenvalue weighted by molar-refractivity contribution is 0.432. The molecule has 3 rings (SSSR count). The van der Waals surface area contributed by atoms with E-state index in [0.29, 0.717) is 11.7 Å². The Morgan fingerprint density at radius 3 is 2.95 bits per heavy atom. The molecule has 98 valence electrons. The van der Waals surface area contributed by atoms with E-state index in [1.165, 1.54) is 11.5 Å². The number of hydrogen-bond donors (Lipinski definition) is 1. The predicted molar refractivity (Wildman–Crippen MR) is 71.9 cm³/mol. The number of aryl methyl sites for hydroxylation is 2. The summed E-state index contributed by atoms with van der Waals surface area (Å²) in [6.45, 7) is 1.92. The van der Waals surface area contributed by atoms with Gasteiger partial charge in [0.25, 0.3) is 5.89 Å². The highest BCUT2D eigenvalue weighted by Gasteiger charge is 2.19. The first kappa shape index (κ1) is 11.8. The van der Waals surface area contributed by atoms with Gasteiger partial charge in [-0.1, -0.05) is 5.16 Å². The maximum absolute atomic E-state index is 5.34. The fourth-order valence-electron chi connectivity index (χ4n) is 1.79. The van der Waals surface area contributed by atoms with E-state index in [1.54, 1.807) is 12.5 Å². The molecule has 19 heavy (non-hydrogen) atoms. The van der Waals surface area contributed by atoms with Gasteiger partial charge in [-0.15, -0.1) is 0 Å². The zero-order valence-corrected chi connectivity index (χ0v) is 11.5. The molecule has 3 aromatic heterocycles. The second kappa shape index (κ2) is 4.47. The number of anilines is 1. The van der Waals surface area contributed by atoms with Gasteiger partial charge in [-0.2, -0.15) is 9.36 Å². The molecule has 0 bridgehead atoms. The normalized spacial score (nSPS) is 10.9. The second-order valence-corrected chi connectivity index (χ2v) is 4.81. The number of nitrogens with zero attached hydrogens (tertiary/aromatic N) is 5. The molecule has 3 aromatic rings. The van der Waals surface area contributed by atoms with Crippen LogP contribution in [0.1, 0.15) is 5.69 Å². The van der Waals surface area contributed by atoms with E-state index in [1.807, 2.05) is 25.6 Å². The summed E-state index contributed by atoms with van der Waals surface area (Å²) in [7, 11) is 3.73. The number of aromatic nitrogens is 5. The number of hydrogen-bond acceptors (Lipinski definition) is 7. The third kappa shape index (κ3) is 1.89. The first-order chi connectivity index (χ1) is 9.20. The van der Waals surface area contributed by atoms with E-state index < -0.39 is 0 Å². The molecule has 0 aliphatic heterocycles. The van der Waals surface area contributed by atoms with Gasteiger partial charge < -0.3 is 14.4 Å². The van der Waals surface area contributed by atoms with Crippen LogP contribution in [0.4, 0.5) is 5.00 Å². The minimum atomic E-state index is 0.465. The lowest BCUT2D eigenvalue weighted by atomic mass is 10.2. The molecule has 0 saturated carbocycles. The fraction of sp³-hybridized carbons (Fsp3) is 0.273. The van der Waals surface area contributed by atoms with E-state index in [-0.39, 0.29) is 0 Å². The highest BCUT2D eigenvalue weighted by Crippen LogP contribution is 2.34. The third-order valence-electron chi connectivity index (χ3n) is 2.78. The van der Waals surface area contributed by atoms with Gasteiger partial charge in [0, 0.05) is 14.1 Å². The first-order valence-corrected chi connectivity index (χ1v) is 6.43. The summed E-state index contributed by atoms with van der Waals surface area (Å²) in [6, 6.07) is 0. The van der Waals surface area contributed by atoms with Crippen LogP contribution in [0, 0.1) is 6.92 Å². The van der Waals surface area contributed by atoms with Crippen molar-refractivity contribution >= 4 is 16.5 Å². The molecule has 0 aromatic carbocycles. The molecular formula is C11H12N6OS. The quantitative estimate of drug-likeness (QED) is 0.787. The van der Waals surface area contributed by atoms with Crippen molar-refractivity contribution in [3.63, 3.8) is 0 Å². The maximum atomic E-state index is 5.34. The molecule has 0 amide bonds. The van der Waals surface area contributed by atoms with Crippen LogP contribution >= 0.6 is 11.5 Å². The molecule has 0 aliphatic carbocycles. The topological polar surface area (TPSA) is 81.7 Å². The third-order valence-corrected chi connectivity index (χ3v) is 3.73. The van der Waals surface area contributed by atoms with Crippen molar-refractivity contribution in [1.29, 1.82) is 0 Å². The molecule has 0 radical (unpaired) electrons. The zero-order valence-electron chi connectivity index (χ0n) is 10.7. The summed E-state index contributed by atoms with van der Waals surface area (Å²) < 4.78 is 11.5. The van der Waals surface area contributed by atoms with Crippen molar-refractivity contribution < 1.29 is 4.52 Å². The Hall–Kier alpha value is -2.22. The molecule has 8 heteroatoms. The lowest BCUT2D eigenvalue weighted by Crippen LogP contribution is -1.91. The van der Waals surface area contributed by atoms with Crippen LogP contribution in [-0.2, 0) is 7.05 Å². The van der Waals surface area contributed by atoms with Gasteiger partial charge in [0.2, 0.25) is 5.82 Å². The summed E-state index contributed by atoms with van der Waals surface area (Å²) in [6.07, 6.45) is 3.40. The fourth-order valence-corrected chi connectivity index (χ4v) is 2.53. The van der Waals surface area contributed by atoms with Gasteiger partial charge in [-0.25, -0.2) is 4.98 Å². The Labute approximate surface area is 113 Å². The average molecular weight is 276 g/mol.